The predicted molar refractivity (Wildman–Crippen MR) is 83.0 cm³/mol. The molecular formula is C15H26N2O2S. The van der Waals surface area contributed by atoms with Gasteiger partial charge in [-0.15, -0.1) is 0 Å². The van der Waals surface area contributed by atoms with Crippen LogP contribution >= 0.6 is 0 Å². The summed E-state index contributed by atoms with van der Waals surface area (Å²) in [6, 6.07) is 6.93. The molecule has 1 aromatic rings. The molecule has 0 aliphatic heterocycles. The molecule has 4 nitrogen and oxygen atoms in total. The molecule has 0 heterocycles. The van der Waals surface area contributed by atoms with Crippen molar-refractivity contribution in [2.45, 2.75) is 57.5 Å². The quantitative estimate of drug-likeness (QED) is 0.811. The van der Waals surface area contributed by atoms with Gasteiger partial charge in [-0.1, -0.05) is 32.0 Å². The molecule has 0 aliphatic rings. The number of hydrogen-bond donors (Lipinski definition) is 2. The minimum Gasteiger partial charge on any atom is -0.327 e. The monoisotopic (exact) mass is 298 g/mol. The van der Waals surface area contributed by atoms with E-state index in [1.807, 2.05) is 26.0 Å². The average Bonchev–Trinajstić information content (AvgIpc) is 2.26. The van der Waals surface area contributed by atoms with Crippen molar-refractivity contribution < 1.29 is 8.42 Å². The van der Waals surface area contributed by atoms with Gasteiger partial charge in [-0.05, 0) is 44.2 Å². The van der Waals surface area contributed by atoms with Crippen LogP contribution in [0.4, 0.5) is 0 Å². The molecule has 0 radical (unpaired) electrons. The van der Waals surface area contributed by atoms with E-state index in [2.05, 4.69) is 18.6 Å². The summed E-state index contributed by atoms with van der Waals surface area (Å²) in [5.41, 5.74) is 6.89. The van der Waals surface area contributed by atoms with Crippen molar-refractivity contribution in [2.24, 2.45) is 11.7 Å². The van der Waals surface area contributed by atoms with Gasteiger partial charge in [0, 0.05) is 12.1 Å². The van der Waals surface area contributed by atoms with Crippen LogP contribution in [0, 0.1) is 5.92 Å². The number of nitrogens with two attached hydrogens (primary N) is 1. The van der Waals surface area contributed by atoms with Gasteiger partial charge in [0.25, 0.3) is 0 Å². The Bertz CT molecular complexity index is 524. The van der Waals surface area contributed by atoms with Gasteiger partial charge in [0.1, 0.15) is 0 Å². The molecular weight excluding hydrogens is 272 g/mol. The minimum atomic E-state index is -3.47. The highest BCUT2D eigenvalue weighted by molar-refractivity contribution is 7.89. The van der Waals surface area contributed by atoms with Crippen molar-refractivity contribution in [2.75, 3.05) is 0 Å². The molecule has 1 unspecified atom stereocenters. The molecule has 20 heavy (non-hydrogen) atoms. The summed E-state index contributed by atoms with van der Waals surface area (Å²) in [5, 5.41) is 0. The largest absolute Gasteiger partial charge is 0.327 e. The summed E-state index contributed by atoms with van der Waals surface area (Å²) >= 11 is 0. The highest BCUT2D eigenvalue weighted by Gasteiger charge is 2.20. The SMILES string of the molecule is CC(C)CC(N)Cc1ccccc1S(=O)(=O)NC(C)C. The molecule has 0 saturated carbocycles. The summed E-state index contributed by atoms with van der Waals surface area (Å²) in [6.07, 6.45) is 1.46. The molecule has 1 atom stereocenters. The van der Waals surface area contributed by atoms with E-state index in [1.165, 1.54) is 0 Å². The number of benzene rings is 1. The molecule has 0 aliphatic carbocycles. The number of nitrogens with one attached hydrogen (secondary N) is 1. The lowest BCUT2D eigenvalue weighted by Crippen LogP contribution is -2.32. The summed E-state index contributed by atoms with van der Waals surface area (Å²) in [4.78, 5) is 0.341. The van der Waals surface area contributed by atoms with Crippen LogP contribution in [0.3, 0.4) is 0 Å². The van der Waals surface area contributed by atoms with Gasteiger partial charge in [0.05, 0.1) is 4.90 Å². The molecule has 5 heteroatoms. The second kappa shape index (κ2) is 7.20. The Morgan fingerprint density at radius 2 is 1.75 bits per heavy atom. The van der Waals surface area contributed by atoms with E-state index >= 15 is 0 Å². The van der Waals surface area contributed by atoms with Crippen LogP contribution in [0.2, 0.25) is 0 Å². The van der Waals surface area contributed by atoms with Crippen molar-refractivity contribution in [1.29, 1.82) is 0 Å². The van der Waals surface area contributed by atoms with Gasteiger partial charge >= 0.3 is 0 Å². The van der Waals surface area contributed by atoms with Gasteiger partial charge in [-0.2, -0.15) is 0 Å². The smallest absolute Gasteiger partial charge is 0.241 e. The first-order valence-corrected chi connectivity index (χ1v) is 8.56. The molecule has 3 N–H and O–H groups in total. The van der Waals surface area contributed by atoms with Crippen LogP contribution in [0.25, 0.3) is 0 Å². The maximum absolute atomic E-state index is 12.3. The van der Waals surface area contributed by atoms with Crippen LogP contribution in [-0.4, -0.2) is 20.5 Å². The summed E-state index contributed by atoms with van der Waals surface area (Å²) < 4.78 is 27.3. The third kappa shape index (κ3) is 5.23. The van der Waals surface area contributed by atoms with Crippen molar-refractivity contribution in [3.8, 4) is 0 Å². The Morgan fingerprint density at radius 1 is 1.15 bits per heavy atom. The van der Waals surface area contributed by atoms with Crippen LogP contribution in [-0.2, 0) is 16.4 Å². The minimum absolute atomic E-state index is 0.0228. The number of hydrogen-bond acceptors (Lipinski definition) is 3. The van der Waals surface area contributed by atoms with Crippen molar-refractivity contribution in [1.82, 2.24) is 4.72 Å². The normalized spacial score (nSPS) is 13.9. The zero-order chi connectivity index (χ0) is 15.3. The molecule has 0 spiro atoms. The fraction of sp³-hybridized carbons (Fsp3) is 0.600. The van der Waals surface area contributed by atoms with Crippen LogP contribution in [0.15, 0.2) is 29.2 Å². The lowest BCUT2D eigenvalue weighted by molar-refractivity contribution is 0.491. The van der Waals surface area contributed by atoms with E-state index in [-0.39, 0.29) is 12.1 Å². The Hall–Kier alpha value is -0.910. The second-order valence-electron chi connectivity index (χ2n) is 5.98. The number of rotatable bonds is 7. The van der Waals surface area contributed by atoms with E-state index in [9.17, 15) is 8.42 Å². The third-order valence-corrected chi connectivity index (χ3v) is 4.67. The molecule has 1 aromatic carbocycles. The molecule has 0 aromatic heterocycles. The van der Waals surface area contributed by atoms with E-state index < -0.39 is 10.0 Å². The molecule has 1 rings (SSSR count). The Morgan fingerprint density at radius 3 is 2.30 bits per heavy atom. The fourth-order valence-corrected chi connectivity index (χ4v) is 3.78. The van der Waals surface area contributed by atoms with Crippen LogP contribution in [0.5, 0.6) is 0 Å². The first-order valence-electron chi connectivity index (χ1n) is 7.08. The molecule has 0 amide bonds. The van der Waals surface area contributed by atoms with Gasteiger partial charge < -0.3 is 5.73 Å². The fourth-order valence-electron chi connectivity index (χ4n) is 2.28. The maximum atomic E-state index is 12.3. The molecule has 0 bridgehead atoms. The Kier molecular flexibility index (Phi) is 6.17. The maximum Gasteiger partial charge on any atom is 0.241 e. The summed E-state index contributed by atoms with van der Waals surface area (Å²) in [5.74, 6) is 0.502. The Labute approximate surface area is 122 Å². The average molecular weight is 298 g/mol. The van der Waals surface area contributed by atoms with Gasteiger partial charge in [0.15, 0.2) is 0 Å². The third-order valence-electron chi connectivity index (χ3n) is 2.91. The van der Waals surface area contributed by atoms with Crippen molar-refractivity contribution in [3.05, 3.63) is 29.8 Å². The van der Waals surface area contributed by atoms with Crippen LogP contribution < -0.4 is 10.5 Å². The van der Waals surface area contributed by atoms with Crippen molar-refractivity contribution >= 4 is 10.0 Å². The van der Waals surface area contributed by atoms with E-state index in [4.69, 9.17) is 5.73 Å². The standard InChI is InChI=1S/C15H26N2O2S/c1-11(2)9-14(16)10-13-7-5-6-8-15(13)20(18,19)17-12(3)4/h5-8,11-12,14,17H,9-10,16H2,1-4H3. The highest BCUT2D eigenvalue weighted by atomic mass is 32.2. The summed E-state index contributed by atoms with van der Waals surface area (Å²) in [6.45, 7) is 7.85. The van der Waals surface area contributed by atoms with Crippen molar-refractivity contribution in [3.63, 3.8) is 0 Å². The number of sulfonamides is 1. The lowest BCUT2D eigenvalue weighted by Gasteiger charge is -2.17. The molecule has 0 saturated heterocycles. The lowest BCUT2D eigenvalue weighted by atomic mass is 9.98. The topological polar surface area (TPSA) is 72.2 Å². The van der Waals surface area contributed by atoms with Gasteiger partial charge in [-0.3, -0.25) is 0 Å². The predicted octanol–water partition coefficient (Wildman–Crippen LogP) is 2.29. The van der Waals surface area contributed by atoms with E-state index in [0.29, 0.717) is 17.2 Å². The zero-order valence-electron chi connectivity index (χ0n) is 12.8. The van der Waals surface area contributed by atoms with Crippen LogP contribution in [0.1, 0.15) is 39.7 Å². The zero-order valence-corrected chi connectivity index (χ0v) is 13.6. The summed E-state index contributed by atoms with van der Waals surface area (Å²) in [7, 11) is -3.47. The second-order valence-corrected chi connectivity index (χ2v) is 7.66. The highest BCUT2D eigenvalue weighted by Crippen LogP contribution is 2.18. The van der Waals surface area contributed by atoms with E-state index in [0.717, 1.165) is 12.0 Å². The molecule has 114 valence electrons. The first kappa shape index (κ1) is 17.1. The van der Waals surface area contributed by atoms with Gasteiger partial charge in [0.2, 0.25) is 10.0 Å². The first-order chi connectivity index (χ1) is 9.22. The Balaban J connectivity index is 2.99. The molecule has 0 fully saturated rings. The van der Waals surface area contributed by atoms with E-state index in [1.54, 1.807) is 12.1 Å². The van der Waals surface area contributed by atoms with Gasteiger partial charge in [-0.25, -0.2) is 13.1 Å².